The third kappa shape index (κ3) is 3.33. The molecule has 20 heavy (non-hydrogen) atoms. The summed E-state index contributed by atoms with van der Waals surface area (Å²) in [4.78, 5) is 14.6. The van der Waals surface area contributed by atoms with Crippen LogP contribution in [-0.4, -0.2) is 16.1 Å². The quantitative estimate of drug-likeness (QED) is 0.929. The molecule has 0 fully saturated rings. The number of hydrogen-bond donors (Lipinski definition) is 1. The topological polar surface area (TPSA) is 83.2 Å². The third-order valence-corrected chi connectivity index (χ3v) is 3.07. The summed E-state index contributed by atoms with van der Waals surface area (Å²) in [5, 5.41) is 17.7. The van der Waals surface area contributed by atoms with Crippen molar-refractivity contribution in [2.24, 2.45) is 0 Å². The van der Waals surface area contributed by atoms with E-state index in [-0.39, 0.29) is 12.3 Å². The van der Waals surface area contributed by atoms with Crippen LogP contribution in [0.3, 0.4) is 0 Å². The van der Waals surface area contributed by atoms with Gasteiger partial charge in [-0.3, -0.25) is 4.79 Å². The maximum Gasteiger partial charge on any atom is 0.307 e. The molecule has 2 rings (SSSR count). The number of nitriles is 1. The van der Waals surface area contributed by atoms with Gasteiger partial charge in [0.05, 0.1) is 10.9 Å². The van der Waals surface area contributed by atoms with Crippen LogP contribution in [0.5, 0.6) is 11.6 Å². The molecule has 0 spiro atoms. The fourth-order valence-electron chi connectivity index (χ4n) is 1.57. The minimum Gasteiger partial charge on any atom is -0.481 e. The van der Waals surface area contributed by atoms with E-state index in [1.165, 1.54) is 6.20 Å². The van der Waals surface area contributed by atoms with Crippen molar-refractivity contribution in [3.05, 3.63) is 52.1 Å². The van der Waals surface area contributed by atoms with Gasteiger partial charge in [0.2, 0.25) is 5.88 Å². The number of carboxylic acids is 1. The molecule has 1 aromatic heterocycles. The average Bonchev–Trinajstić information content (AvgIpc) is 2.42. The Morgan fingerprint density at radius 2 is 2.25 bits per heavy atom. The number of carbonyl (C=O) groups is 1. The molecule has 1 heterocycles. The fourth-order valence-corrected chi connectivity index (χ4v) is 2.08. The molecule has 0 amide bonds. The number of aromatic nitrogens is 1. The molecule has 6 heteroatoms. The highest BCUT2D eigenvalue weighted by Gasteiger charge is 2.10. The zero-order chi connectivity index (χ0) is 14.5. The van der Waals surface area contributed by atoms with Crippen LogP contribution in [0.25, 0.3) is 0 Å². The SMILES string of the molecule is N#Cc1cccnc1Oc1ccc(CC(=O)O)cc1Br. The van der Waals surface area contributed by atoms with Crippen LogP contribution in [0.4, 0.5) is 0 Å². The Bertz CT molecular complexity index is 695. The lowest BCUT2D eigenvalue weighted by atomic mass is 10.1. The van der Waals surface area contributed by atoms with Crippen LogP contribution in [-0.2, 0) is 11.2 Å². The number of halogens is 1. The molecule has 1 aromatic carbocycles. The van der Waals surface area contributed by atoms with Gasteiger partial charge >= 0.3 is 5.97 Å². The Balaban J connectivity index is 2.26. The molecule has 0 saturated heterocycles. The average molecular weight is 333 g/mol. The van der Waals surface area contributed by atoms with Crippen LogP contribution in [0, 0.1) is 11.3 Å². The van der Waals surface area contributed by atoms with Gasteiger partial charge in [0.15, 0.2) is 0 Å². The van der Waals surface area contributed by atoms with E-state index in [1.807, 2.05) is 6.07 Å². The first-order chi connectivity index (χ1) is 9.60. The Labute approximate surface area is 123 Å². The van der Waals surface area contributed by atoms with Crippen molar-refractivity contribution < 1.29 is 14.6 Å². The Morgan fingerprint density at radius 3 is 2.90 bits per heavy atom. The summed E-state index contributed by atoms with van der Waals surface area (Å²) < 4.78 is 6.17. The molecule has 0 bridgehead atoms. The van der Waals surface area contributed by atoms with Crippen molar-refractivity contribution >= 4 is 21.9 Å². The van der Waals surface area contributed by atoms with E-state index in [0.29, 0.717) is 21.3 Å². The maximum absolute atomic E-state index is 10.6. The number of ether oxygens (including phenoxy) is 1. The molecular weight excluding hydrogens is 324 g/mol. The van der Waals surface area contributed by atoms with Gasteiger partial charge in [0, 0.05) is 6.20 Å². The highest BCUT2D eigenvalue weighted by molar-refractivity contribution is 9.10. The van der Waals surface area contributed by atoms with Gasteiger partial charge in [0.1, 0.15) is 17.4 Å². The number of pyridine rings is 1. The van der Waals surface area contributed by atoms with Gasteiger partial charge in [-0.05, 0) is 45.8 Å². The Kier molecular flexibility index (Phi) is 4.33. The number of hydrogen-bond acceptors (Lipinski definition) is 4. The first kappa shape index (κ1) is 14.0. The molecule has 100 valence electrons. The molecule has 0 aliphatic rings. The Hall–Kier alpha value is -2.39. The lowest BCUT2D eigenvalue weighted by molar-refractivity contribution is -0.136. The molecule has 2 aromatic rings. The summed E-state index contributed by atoms with van der Waals surface area (Å²) in [5.41, 5.74) is 0.979. The third-order valence-electron chi connectivity index (χ3n) is 2.45. The van der Waals surface area contributed by atoms with E-state index in [9.17, 15) is 4.79 Å². The summed E-state index contributed by atoms with van der Waals surface area (Å²) >= 11 is 3.31. The monoisotopic (exact) mass is 332 g/mol. The first-order valence-corrected chi connectivity index (χ1v) is 6.42. The predicted molar refractivity (Wildman–Crippen MR) is 74.5 cm³/mol. The lowest BCUT2D eigenvalue weighted by Crippen LogP contribution is -2.00. The van der Waals surface area contributed by atoms with E-state index >= 15 is 0 Å². The van der Waals surface area contributed by atoms with E-state index in [0.717, 1.165) is 0 Å². The summed E-state index contributed by atoms with van der Waals surface area (Å²) in [6.45, 7) is 0. The summed E-state index contributed by atoms with van der Waals surface area (Å²) in [7, 11) is 0. The number of aliphatic carboxylic acids is 1. The first-order valence-electron chi connectivity index (χ1n) is 5.63. The van der Waals surface area contributed by atoms with Crippen molar-refractivity contribution in [1.29, 1.82) is 5.26 Å². The van der Waals surface area contributed by atoms with E-state index in [1.54, 1.807) is 30.3 Å². The second kappa shape index (κ2) is 6.17. The van der Waals surface area contributed by atoms with E-state index in [4.69, 9.17) is 15.1 Å². The highest BCUT2D eigenvalue weighted by atomic mass is 79.9. The van der Waals surface area contributed by atoms with Crippen molar-refractivity contribution in [3.63, 3.8) is 0 Å². The fraction of sp³-hybridized carbons (Fsp3) is 0.0714. The number of rotatable bonds is 4. The number of nitrogens with zero attached hydrogens (tertiary/aromatic N) is 2. The molecule has 0 saturated carbocycles. The van der Waals surface area contributed by atoms with Crippen molar-refractivity contribution in [2.75, 3.05) is 0 Å². The molecule has 1 N–H and O–H groups in total. The minimum atomic E-state index is -0.901. The van der Waals surface area contributed by atoms with Crippen molar-refractivity contribution in [1.82, 2.24) is 4.98 Å². The van der Waals surface area contributed by atoms with Crippen LogP contribution >= 0.6 is 15.9 Å². The summed E-state index contributed by atoms with van der Waals surface area (Å²) in [6.07, 6.45) is 1.47. The Morgan fingerprint density at radius 1 is 1.45 bits per heavy atom. The standard InChI is InChI=1S/C14H9BrN2O3/c15-11-6-9(7-13(18)19)3-4-12(11)20-14-10(8-16)2-1-5-17-14/h1-6H,7H2,(H,18,19). The predicted octanol–water partition coefficient (Wildman–Crippen LogP) is 3.14. The highest BCUT2D eigenvalue weighted by Crippen LogP contribution is 2.31. The van der Waals surface area contributed by atoms with Crippen LogP contribution in [0.15, 0.2) is 41.0 Å². The largest absolute Gasteiger partial charge is 0.481 e. The smallest absolute Gasteiger partial charge is 0.307 e. The van der Waals surface area contributed by atoms with Gasteiger partial charge in [-0.15, -0.1) is 0 Å². The molecule has 0 radical (unpaired) electrons. The summed E-state index contributed by atoms with van der Waals surface area (Å²) in [6, 6.07) is 10.2. The molecule has 0 unspecified atom stereocenters. The molecule has 0 aliphatic heterocycles. The second-order valence-corrected chi connectivity index (χ2v) is 4.76. The molecule has 0 aliphatic carbocycles. The number of carboxylic acid groups (broad SMARTS) is 1. The maximum atomic E-state index is 10.6. The number of benzene rings is 1. The molecular formula is C14H9BrN2O3. The van der Waals surface area contributed by atoms with Crippen LogP contribution in [0.1, 0.15) is 11.1 Å². The molecule has 5 nitrogen and oxygen atoms in total. The van der Waals surface area contributed by atoms with Crippen molar-refractivity contribution in [2.45, 2.75) is 6.42 Å². The lowest BCUT2D eigenvalue weighted by Gasteiger charge is -2.08. The van der Waals surface area contributed by atoms with Crippen LogP contribution in [0.2, 0.25) is 0 Å². The van der Waals surface area contributed by atoms with Crippen LogP contribution < -0.4 is 4.74 Å². The molecule has 0 atom stereocenters. The zero-order valence-corrected chi connectivity index (χ0v) is 11.8. The van der Waals surface area contributed by atoms with E-state index < -0.39 is 5.97 Å². The minimum absolute atomic E-state index is 0.0636. The van der Waals surface area contributed by atoms with E-state index in [2.05, 4.69) is 20.9 Å². The normalized spacial score (nSPS) is 9.80. The van der Waals surface area contributed by atoms with Gasteiger partial charge in [0.25, 0.3) is 0 Å². The second-order valence-electron chi connectivity index (χ2n) is 3.91. The van der Waals surface area contributed by atoms with Gasteiger partial charge in [-0.25, -0.2) is 4.98 Å². The van der Waals surface area contributed by atoms with Gasteiger partial charge in [-0.2, -0.15) is 5.26 Å². The van der Waals surface area contributed by atoms with Gasteiger partial charge < -0.3 is 9.84 Å². The van der Waals surface area contributed by atoms with Crippen molar-refractivity contribution in [3.8, 4) is 17.7 Å². The van der Waals surface area contributed by atoms with Gasteiger partial charge in [-0.1, -0.05) is 6.07 Å². The summed E-state index contributed by atoms with van der Waals surface area (Å²) in [5.74, 6) is -0.224. The zero-order valence-electron chi connectivity index (χ0n) is 10.2.